The Morgan fingerprint density at radius 2 is 0.691 bits per heavy atom. The van der Waals surface area contributed by atoms with E-state index in [0.29, 0.717) is 19.4 Å². The van der Waals surface area contributed by atoms with E-state index in [4.69, 9.17) is 14.2 Å². The van der Waals surface area contributed by atoms with Gasteiger partial charge in [0.1, 0.15) is 6.61 Å². The van der Waals surface area contributed by atoms with Crippen LogP contribution in [0.4, 0.5) is 0 Å². The number of hydrogen-bond donors (Lipinski definition) is 0. The summed E-state index contributed by atoms with van der Waals surface area (Å²) in [5, 5.41) is 0. The first kappa shape index (κ1) is 64.6. The van der Waals surface area contributed by atoms with Crippen LogP contribution in [0.25, 0.3) is 0 Å². The SMILES string of the molecule is CC/C=C\C/C=C\C/C=C\C/C=C\C/C=C\CCCCCC(=O)OCC(COCCCCCCCC/C=C\C/C=C\CCC)OC(=O)CCCCCCCCCCC/C=C\C/C=C\CCCCC. The van der Waals surface area contributed by atoms with Crippen molar-refractivity contribution in [2.24, 2.45) is 0 Å². The maximum atomic E-state index is 12.9. The van der Waals surface area contributed by atoms with Crippen LogP contribution in [0.2, 0.25) is 0 Å². The fourth-order valence-corrected chi connectivity index (χ4v) is 7.55. The van der Waals surface area contributed by atoms with Gasteiger partial charge in [-0.05, 0) is 122 Å². The van der Waals surface area contributed by atoms with Crippen molar-refractivity contribution in [3.8, 4) is 0 Å². The number of carbonyl (C=O) groups is 2. The van der Waals surface area contributed by atoms with E-state index in [9.17, 15) is 9.59 Å². The molecule has 0 spiro atoms. The van der Waals surface area contributed by atoms with Gasteiger partial charge in [-0.2, -0.15) is 0 Å². The monoisotopic (exact) mass is 943 g/mol. The molecule has 0 saturated heterocycles. The third kappa shape index (κ3) is 55.2. The summed E-state index contributed by atoms with van der Waals surface area (Å²) in [7, 11) is 0. The van der Waals surface area contributed by atoms with Gasteiger partial charge in [0.25, 0.3) is 0 Å². The fourth-order valence-electron chi connectivity index (χ4n) is 7.55. The van der Waals surface area contributed by atoms with Crippen LogP contribution in [0.15, 0.2) is 109 Å². The lowest BCUT2D eigenvalue weighted by atomic mass is 10.1. The zero-order valence-electron chi connectivity index (χ0n) is 44.6. The predicted molar refractivity (Wildman–Crippen MR) is 297 cm³/mol. The fraction of sp³-hybridized carbons (Fsp3) is 0.683. The van der Waals surface area contributed by atoms with Crippen molar-refractivity contribution in [1.82, 2.24) is 0 Å². The van der Waals surface area contributed by atoms with Gasteiger partial charge in [0.2, 0.25) is 0 Å². The number of carbonyl (C=O) groups excluding carboxylic acids is 2. The minimum Gasteiger partial charge on any atom is -0.462 e. The molecule has 0 aromatic heterocycles. The number of unbranched alkanes of at least 4 members (excludes halogenated alkanes) is 22. The Morgan fingerprint density at radius 1 is 0.338 bits per heavy atom. The van der Waals surface area contributed by atoms with Crippen LogP contribution >= 0.6 is 0 Å². The Kier molecular flexibility index (Phi) is 54.9. The van der Waals surface area contributed by atoms with Gasteiger partial charge in [-0.3, -0.25) is 9.59 Å². The molecule has 0 aromatic rings. The van der Waals surface area contributed by atoms with Crippen LogP contribution in [0.5, 0.6) is 0 Å². The summed E-state index contributed by atoms with van der Waals surface area (Å²) in [6.45, 7) is 7.57. The lowest BCUT2D eigenvalue weighted by molar-refractivity contribution is -0.163. The highest BCUT2D eigenvalue weighted by molar-refractivity contribution is 5.70. The molecular formula is C63H106O5. The van der Waals surface area contributed by atoms with Crippen LogP contribution in [-0.2, 0) is 23.8 Å². The third-order valence-corrected chi connectivity index (χ3v) is 11.7. The zero-order valence-corrected chi connectivity index (χ0v) is 44.6. The number of rotatable bonds is 51. The molecule has 1 atom stereocenters. The van der Waals surface area contributed by atoms with Gasteiger partial charge in [-0.25, -0.2) is 0 Å². The second-order valence-electron chi connectivity index (χ2n) is 18.4. The molecule has 5 nitrogen and oxygen atoms in total. The van der Waals surface area contributed by atoms with Crippen LogP contribution in [-0.4, -0.2) is 37.9 Å². The first-order valence-electron chi connectivity index (χ1n) is 28.4. The van der Waals surface area contributed by atoms with Crippen molar-refractivity contribution in [1.29, 1.82) is 0 Å². The molecule has 0 fully saturated rings. The number of hydrogen-bond acceptors (Lipinski definition) is 5. The second-order valence-corrected chi connectivity index (χ2v) is 18.4. The summed E-state index contributed by atoms with van der Waals surface area (Å²) in [6.07, 6.45) is 79.6. The Labute approximate surface area is 421 Å². The van der Waals surface area contributed by atoms with Gasteiger partial charge >= 0.3 is 11.9 Å². The predicted octanol–water partition coefficient (Wildman–Crippen LogP) is 19.6. The topological polar surface area (TPSA) is 61.8 Å². The van der Waals surface area contributed by atoms with Gasteiger partial charge in [0.15, 0.2) is 6.10 Å². The van der Waals surface area contributed by atoms with E-state index < -0.39 is 6.10 Å². The minimum absolute atomic E-state index is 0.0565. The summed E-state index contributed by atoms with van der Waals surface area (Å²) >= 11 is 0. The lowest BCUT2D eigenvalue weighted by Gasteiger charge is -2.18. The number of esters is 2. The molecule has 0 aromatic carbocycles. The highest BCUT2D eigenvalue weighted by Crippen LogP contribution is 2.14. The van der Waals surface area contributed by atoms with E-state index in [1.165, 1.54) is 109 Å². The average molecular weight is 944 g/mol. The maximum Gasteiger partial charge on any atom is 0.306 e. The van der Waals surface area contributed by atoms with Gasteiger partial charge in [-0.1, -0.05) is 226 Å². The molecule has 388 valence electrons. The Morgan fingerprint density at radius 3 is 1.13 bits per heavy atom. The second kappa shape index (κ2) is 57.9. The first-order chi connectivity index (χ1) is 33.6. The van der Waals surface area contributed by atoms with E-state index in [-0.39, 0.29) is 25.2 Å². The normalized spacial score (nSPS) is 13.0. The summed E-state index contributed by atoms with van der Waals surface area (Å²) in [5.41, 5.74) is 0. The quantitative estimate of drug-likeness (QED) is 0.0345. The molecule has 0 bridgehead atoms. The Balaban J connectivity index is 4.36. The van der Waals surface area contributed by atoms with E-state index >= 15 is 0 Å². The molecule has 0 aliphatic carbocycles. The zero-order chi connectivity index (χ0) is 49.2. The molecule has 0 N–H and O–H groups in total. The average Bonchev–Trinajstić information content (AvgIpc) is 3.34. The molecule has 68 heavy (non-hydrogen) atoms. The van der Waals surface area contributed by atoms with Crippen molar-refractivity contribution in [3.05, 3.63) is 109 Å². The third-order valence-electron chi connectivity index (χ3n) is 11.7. The van der Waals surface area contributed by atoms with Crippen LogP contribution in [0, 0.1) is 0 Å². The smallest absolute Gasteiger partial charge is 0.306 e. The molecule has 0 radical (unpaired) electrons. The Hall–Kier alpha value is -3.44. The summed E-state index contributed by atoms with van der Waals surface area (Å²) < 4.78 is 17.4. The standard InChI is InChI=1S/C63H106O5/c1-4-7-10-13-16-19-22-25-28-30-32-34-36-38-41-44-47-50-53-56-62(64)67-60-61(59-66-58-55-52-49-46-43-40-27-24-21-18-15-12-9-6-3)68-63(65)57-54-51-48-45-42-39-37-35-33-31-29-26-23-20-17-14-11-8-5-2/h7,10,12,15-17,19-21,24-26,28-29,32,34,38,41,61H,4-6,8-9,11,13-14,18,22-23,27,30-31,33,35-37,39-40,42-60H2,1-3H3/b10-7-,15-12-,19-16-,20-17-,24-21-,28-25-,29-26-,34-32-,41-38-. The molecule has 0 heterocycles. The molecule has 0 saturated carbocycles. The number of ether oxygens (including phenoxy) is 3. The Bertz CT molecular complexity index is 1340. The van der Waals surface area contributed by atoms with Crippen molar-refractivity contribution in [2.75, 3.05) is 19.8 Å². The van der Waals surface area contributed by atoms with Gasteiger partial charge in [-0.15, -0.1) is 0 Å². The van der Waals surface area contributed by atoms with E-state index in [0.717, 1.165) is 109 Å². The summed E-state index contributed by atoms with van der Waals surface area (Å²) in [5.74, 6) is -0.446. The van der Waals surface area contributed by atoms with Crippen LogP contribution < -0.4 is 0 Å². The molecule has 1 unspecified atom stereocenters. The molecule has 5 heteroatoms. The molecule has 0 amide bonds. The highest BCUT2D eigenvalue weighted by Gasteiger charge is 2.17. The van der Waals surface area contributed by atoms with Crippen molar-refractivity contribution in [2.45, 2.75) is 258 Å². The molecule has 0 rings (SSSR count). The van der Waals surface area contributed by atoms with E-state index in [1.807, 2.05) is 0 Å². The minimum atomic E-state index is -0.565. The largest absolute Gasteiger partial charge is 0.462 e. The molecule has 0 aliphatic heterocycles. The van der Waals surface area contributed by atoms with Crippen molar-refractivity contribution < 1.29 is 23.8 Å². The summed E-state index contributed by atoms with van der Waals surface area (Å²) in [4.78, 5) is 25.5. The highest BCUT2D eigenvalue weighted by atomic mass is 16.6. The van der Waals surface area contributed by atoms with Crippen molar-refractivity contribution >= 4 is 11.9 Å². The van der Waals surface area contributed by atoms with Crippen LogP contribution in [0.1, 0.15) is 252 Å². The molecular weight excluding hydrogens is 837 g/mol. The maximum absolute atomic E-state index is 12.9. The van der Waals surface area contributed by atoms with Crippen LogP contribution in [0.3, 0.4) is 0 Å². The van der Waals surface area contributed by atoms with Gasteiger partial charge in [0, 0.05) is 19.4 Å². The molecule has 0 aliphatic rings. The van der Waals surface area contributed by atoms with E-state index in [2.05, 4.69) is 130 Å². The van der Waals surface area contributed by atoms with Gasteiger partial charge < -0.3 is 14.2 Å². The first-order valence-corrected chi connectivity index (χ1v) is 28.4. The lowest BCUT2D eigenvalue weighted by Crippen LogP contribution is -2.30. The number of allylic oxidation sites excluding steroid dienone is 18. The summed E-state index contributed by atoms with van der Waals surface area (Å²) in [6, 6.07) is 0. The van der Waals surface area contributed by atoms with E-state index in [1.54, 1.807) is 0 Å². The van der Waals surface area contributed by atoms with Crippen molar-refractivity contribution in [3.63, 3.8) is 0 Å². The van der Waals surface area contributed by atoms with Gasteiger partial charge in [0.05, 0.1) is 6.61 Å².